The van der Waals surface area contributed by atoms with E-state index in [0.717, 1.165) is 4.57 Å². The average molecular weight is 169 g/mol. The Kier molecular flexibility index (Phi) is 2.44. The van der Waals surface area contributed by atoms with Crippen LogP contribution in [0.4, 0.5) is 0 Å². The molecule has 0 saturated carbocycles. The lowest BCUT2D eigenvalue weighted by atomic mass is 10.5. The molecule has 0 saturated heterocycles. The van der Waals surface area contributed by atoms with Crippen molar-refractivity contribution in [3.8, 4) is 0 Å². The van der Waals surface area contributed by atoms with Gasteiger partial charge in [0.1, 0.15) is 0 Å². The van der Waals surface area contributed by atoms with Gasteiger partial charge in [-0.2, -0.15) is 0 Å². The van der Waals surface area contributed by atoms with Crippen LogP contribution in [0, 0.1) is 0 Å². The molecule has 66 valence electrons. The standard InChI is InChI=1S/C7H11N3O2/c1-9-6(11)2-4-10(5-3-8)7(9)12/h2,4H,3,5,8H2,1H3. The maximum Gasteiger partial charge on any atom is 0.330 e. The van der Waals surface area contributed by atoms with Crippen molar-refractivity contribution in [2.24, 2.45) is 12.8 Å². The third kappa shape index (κ3) is 1.45. The normalized spacial score (nSPS) is 10.2. The van der Waals surface area contributed by atoms with E-state index >= 15 is 0 Å². The van der Waals surface area contributed by atoms with E-state index < -0.39 is 0 Å². The first kappa shape index (κ1) is 8.73. The van der Waals surface area contributed by atoms with Crippen LogP contribution in [0.5, 0.6) is 0 Å². The van der Waals surface area contributed by atoms with Crippen LogP contribution in [-0.4, -0.2) is 15.7 Å². The fourth-order valence-corrected chi connectivity index (χ4v) is 0.925. The monoisotopic (exact) mass is 169 g/mol. The molecule has 0 radical (unpaired) electrons. The molecule has 0 bridgehead atoms. The summed E-state index contributed by atoms with van der Waals surface area (Å²) in [6.07, 6.45) is 1.46. The van der Waals surface area contributed by atoms with Crippen LogP contribution in [-0.2, 0) is 13.6 Å². The minimum absolute atomic E-state index is 0.298. The lowest BCUT2D eigenvalue weighted by molar-refractivity contribution is 0.606. The van der Waals surface area contributed by atoms with E-state index in [2.05, 4.69) is 0 Å². The molecule has 0 fully saturated rings. The highest BCUT2D eigenvalue weighted by atomic mass is 16.2. The molecule has 5 heteroatoms. The van der Waals surface area contributed by atoms with Crippen molar-refractivity contribution in [3.63, 3.8) is 0 Å². The Bertz CT molecular complexity index is 377. The first-order valence-electron chi connectivity index (χ1n) is 3.63. The first-order chi connectivity index (χ1) is 5.66. The van der Waals surface area contributed by atoms with Crippen molar-refractivity contribution >= 4 is 0 Å². The molecule has 1 rings (SSSR count). The van der Waals surface area contributed by atoms with Gasteiger partial charge < -0.3 is 5.73 Å². The molecular formula is C7H11N3O2. The second-order valence-corrected chi connectivity index (χ2v) is 2.48. The Balaban J connectivity index is 3.27. The molecule has 1 heterocycles. The van der Waals surface area contributed by atoms with E-state index in [4.69, 9.17) is 5.73 Å². The Hall–Kier alpha value is -1.36. The largest absolute Gasteiger partial charge is 0.330 e. The summed E-state index contributed by atoms with van der Waals surface area (Å²) in [7, 11) is 1.44. The molecule has 0 unspecified atom stereocenters. The molecule has 5 nitrogen and oxygen atoms in total. The summed E-state index contributed by atoms with van der Waals surface area (Å²) in [5.74, 6) is 0. The van der Waals surface area contributed by atoms with Crippen LogP contribution in [0.3, 0.4) is 0 Å². The van der Waals surface area contributed by atoms with Crippen LogP contribution in [0.25, 0.3) is 0 Å². The molecule has 0 atom stereocenters. The van der Waals surface area contributed by atoms with E-state index in [1.165, 1.54) is 23.9 Å². The van der Waals surface area contributed by atoms with Gasteiger partial charge >= 0.3 is 5.69 Å². The lowest BCUT2D eigenvalue weighted by Gasteiger charge is -2.03. The minimum atomic E-state index is -0.326. The maximum absolute atomic E-state index is 11.2. The van der Waals surface area contributed by atoms with Gasteiger partial charge in [0.15, 0.2) is 0 Å². The van der Waals surface area contributed by atoms with Gasteiger partial charge in [-0.05, 0) is 0 Å². The zero-order valence-electron chi connectivity index (χ0n) is 6.86. The quantitative estimate of drug-likeness (QED) is 0.586. The topological polar surface area (TPSA) is 70.0 Å². The van der Waals surface area contributed by atoms with Crippen LogP contribution >= 0.6 is 0 Å². The van der Waals surface area contributed by atoms with Gasteiger partial charge in [-0.15, -0.1) is 0 Å². The Morgan fingerprint density at radius 3 is 2.75 bits per heavy atom. The second-order valence-electron chi connectivity index (χ2n) is 2.48. The van der Waals surface area contributed by atoms with Gasteiger partial charge in [0.05, 0.1) is 0 Å². The Morgan fingerprint density at radius 1 is 1.50 bits per heavy atom. The van der Waals surface area contributed by atoms with Crippen molar-refractivity contribution in [1.82, 2.24) is 9.13 Å². The number of aromatic nitrogens is 2. The molecule has 0 aromatic carbocycles. The third-order valence-electron chi connectivity index (χ3n) is 1.63. The van der Waals surface area contributed by atoms with Gasteiger partial charge in [-0.25, -0.2) is 4.79 Å². The molecule has 0 aliphatic rings. The van der Waals surface area contributed by atoms with Gasteiger partial charge in [-0.1, -0.05) is 0 Å². The molecule has 2 N–H and O–H groups in total. The second kappa shape index (κ2) is 3.36. The molecule has 0 aliphatic carbocycles. The molecule has 1 aromatic rings. The molecule has 12 heavy (non-hydrogen) atoms. The summed E-state index contributed by atoms with van der Waals surface area (Å²) < 4.78 is 2.46. The minimum Gasteiger partial charge on any atom is -0.329 e. The molecule has 1 aromatic heterocycles. The van der Waals surface area contributed by atoms with Gasteiger partial charge in [-0.3, -0.25) is 13.9 Å². The number of nitrogens with two attached hydrogens (primary N) is 1. The summed E-state index contributed by atoms with van der Waals surface area (Å²) in [5.41, 5.74) is 4.65. The van der Waals surface area contributed by atoms with E-state index in [9.17, 15) is 9.59 Å². The molecule has 0 aliphatic heterocycles. The van der Waals surface area contributed by atoms with Gasteiger partial charge in [0, 0.05) is 32.4 Å². The van der Waals surface area contributed by atoms with Crippen LogP contribution in [0.15, 0.2) is 21.9 Å². The maximum atomic E-state index is 11.2. The Labute approximate surface area is 69.0 Å². The van der Waals surface area contributed by atoms with Crippen molar-refractivity contribution < 1.29 is 0 Å². The summed E-state index contributed by atoms with van der Waals surface area (Å²) in [6, 6.07) is 1.34. The highest BCUT2D eigenvalue weighted by molar-refractivity contribution is 4.85. The fourth-order valence-electron chi connectivity index (χ4n) is 0.925. The summed E-state index contributed by atoms with van der Waals surface area (Å²) in [5, 5.41) is 0. The number of hydrogen-bond acceptors (Lipinski definition) is 3. The van der Waals surface area contributed by atoms with Crippen molar-refractivity contribution in [3.05, 3.63) is 33.1 Å². The smallest absolute Gasteiger partial charge is 0.329 e. The predicted octanol–water partition coefficient (Wildman–Crippen LogP) is -1.49. The van der Waals surface area contributed by atoms with E-state index in [1.54, 1.807) is 0 Å². The zero-order valence-corrected chi connectivity index (χ0v) is 6.86. The third-order valence-corrected chi connectivity index (χ3v) is 1.63. The Morgan fingerprint density at radius 2 is 2.17 bits per heavy atom. The number of hydrogen-bond donors (Lipinski definition) is 1. The molecular weight excluding hydrogens is 158 g/mol. The van der Waals surface area contributed by atoms with Crippen molar-refractivity contribution in [1.29, 1.82) is 0 Å². The van der Waals surface area contributed by atoms with Crippen LogP contribution in [0.2, 0.25) is 0 Å². The SMILES string of the molecule is Cn1c(=O)ccn(CCN)c1=O. The summed E-state index contributed by atoms with van der Waals surface area (Å²) in [6.45, 7) is 0.824. The van der Waals surface area contributed by atoms with Crippen molar-refractivity contribution in [2.45, 2.75) is 6.54 Å². The first-order valence-corrected chi connectivity index (χ1v) is 3.63. The van der Waals surface area contributed by atoms with E-state index in [-0.39, 0.29) is 11.2 Å². The summed E-state index contributed by atoms with van der Waals surface area (Å²) in [4.78, 5) is 22.2. The number of nitrogens with zero attached hydrogens (tertiary/aromatic N) is 2. The predicted molar refractivity (Wildman–Crippen MR) is 45.0 cm³/mol. The highest BCUT2D eigenvalue weighted by Crippen LogP contribution is 1.74. The van der Waals surface area contributed by atoms with Crippen molar-refractivity contribution in [2.75, 3.05) is 6.54 Å². The molecule has 0 spiro atoms. The number of rotatable bonds is 2. The van der Waals surface area contributed by atoms with Gasteiger partial charge in [0.25, 0.3) is 5.56 Å². The summed E-state index contributed by atoms with van der Waals surface area (Å²) >= 11 is 0. The zero-order chi connectivity index (χ0) is 9.14. The van der Waals surface area contributed by atoms with Crippen LogP contribution in [0.1, 0.15) is 0 Å². The van der Waals surface area contributed by atoms with E-state index in [0.29, 0.717) is 13.1 Å². The average Bonchev–Trinajstić information content (AvgIpc) is 2.07. The van der Waals surface area contributed by atoms with Gasteiger partial charge in [0.2, 0.25) is 0 Å². The lowest BCUT2D eigenvalue weighted by Crippen LogP contribution is -2.37. The van der Waals surface area contributed by atoms with Crippen LogP contribution < -0.4 is 17.0 Å². The fraction of sp³-hybridized carbons (Fsp3) is 0.429. The molecule has 0 amide bonds. The highest BCUT2D eigenvalue weighted by Gasteiger charge is 1.98. The van der Waals surface area contributed by atoms with E-state index in [1.807, 2.05) is 0 Å².